The predicted octanol–water partition coefficient (Wildman–Crippen LogP) is 2.55. The maximum Gasteiger partial charge on any atom is 0.264 e. The summed E-state index contributed by atoms with van der Waals surface area (Å²) in [5, 5.41) is 12.3. The molecule has 1 aromatic carbocycles. The summed E-state index contributed by atoms with van der Waals surface area (Å²) >= 11 is 1.41. The van der Waals surface area contributed by atoms with Gasteiger partial charge in [0.05, 0.1) is 13.7 Å². The third-order valence-corrected chi connectivity index (χ3v) is 4.77. The normalized spacial score (nSPS) is 14.9. The first-order chi connectivity index (χ1) is 12.2. The molecule has 0 spiro atoms. The quantitative estimate of drug-likeness (QED) is 0.816. The van der Waals surface area contributed by atoms with Gasteiger partial charge >= 0.3 is 0 Å². The molecule has 8 heteroatoms. The molecule has 0 bridgehead atoms. The Labute approximate surface area is 151 Å². The number of likely N-dealkylation sites (tertiary alicyclic amines) is 1. The Hall–Kier alpha value is -2.19. The zero-order valence-corrected chi connectivity index (χ0v) is 15.1. The van der Waals surface area contributed by atoms with Gasteiger partial charge in [-0.25, -0.2) is 0 Å². The van der Waals surface area contributed by atoms with Gasteiger partial charge in [0.2, 0.25) is 5.13 Å². The molecule has 1 amide bonds. The molecule has 2 heterocycles. The van der Waals surface area contributed by atoms with Gasteiger partial charge in [-0.1, -0.05) is 29.9 Å². The fourth-order valence-electron chi connectivity index (χ4n) is 2.71. The van der Waals surface area contributed by atoms with E-state index in [2.05, 4.69) is 20.4 Å². The molecule has 25 heavy (non-hydrogen) atoms. The zero-order valence-electron chi connectivity index (χ0n) is 14.2. The van der Waals surface area contributed by atoms with Gasteiger partial charge in [0.1, 0.15) is 5.01 Å². The molecule has 0 radical (unpaired) electrons. The maximum absolute atomic E-state index is 12.0. The molecule has 1 N–H and O–H groups in total. The van der Waals surface area contributed by atoms with Crippen LogP contribution in [0.2, 0.25) is 0 Å². The van der Waals surface area contributed by atoms with Crippen LogP contribution in [-0.2, 0) is 11.3 Å². The summed E-state index contributed by atoms with van der Waals surface area (Å²) in [4.78, 5) is 14.4. The van der Waals surface area contributed by atoms with E-state index in [1.165, 1.54) is 30.6 Å². The number of piperidine rings is 1. The second-order valence-electron chi connectivity index (χ2n) is 5.83. The first kappa shape index (κ1) is 17.6. The van der Waals surface area contributed by atoms with Crippen LogP contribution in [0.3, 0.4) is 0 Å². The highest BCUT2D eigenvalue weighted by molar-refractivity contribution is 7.15. The van der Waals surface area contributed by atoms with Crippen LogP contribution in [0.1, 0.15) is 24.3 Å². The van der Waals surface area contributed by atoms with Crippen molar-refractivity contribution in [2.45, 2.75) is 25.8 Å². The number of aromatic nitrogens is 2. The van der Waals surface area contributed by atoms with Crippen molar-refractivity contribution < 1.29 is 14.3 Å². The molecule has 1 aliphatic rings. The standard InChI is InChI=1S/C17H22N4O3S/c1-23-13-7-3-4-8-14(13)24-12-15(22)18-17-20-19-16(25-17)11-21-9-5-2-6-10-21/h3-4,7-8H,2,5-6,9-12H2,1H3,(H,18,20,22). The molecule has 1 aliphatic heterocycles. The van der Waals surface area contributed by atoms with Gasteiger partial charge < -0.3 is 9.47 Å². The fraction of sp³-hybridized carbons (Fsp3) is 0.471. The van der Waals surface area contributed by atoms with Crippen LogP contribution < -0.4 is 14.8 Å². The van der Waals surface area contributed by atoms with Crippen LogP contribution >= 0.6 is 11.3 Å². The summed E-state index contributed by atoms with van der Waals surface area (Å²) in [6.45, 7) is 2.90. The molecule has 1 saturated heterocycles. The van der Waals surface area contributed by atoms with Crippen LogP contribution in [0, 0.1) is 0 Å². The molecule has 0 aliphatic carbocycles. The van der Waals surface area contributed by atoms with E-state index in [4.69, 9.17) is 9.47 Å². The molecule has 0 unspecified atom stereocenters. The van der Waals surface area contributed by atoms with E-state index in [0.717, 1.165) is 24.6 Å². The van der Waals surface area contributed by atoms with E-state index in [1.54, 1.807) is 19.2 Å². The second-order valence-corrected chi connectivity index (χ2v) is 6.89. The van der Waals surface area contributed by atoms with Gasteiger partial charge in [-0.2, -0.15) is 0 Å². The van der Waals surface area contributed by atoms with Crippen molar-refractivity contribution in [1.82, 2.24) is 15.1 Å². The average molecular weight is 362 g/mol. The lowest BCUT2D eigenvalue weighted by Gasteiger charge is -2.24. The number of carbonyl (C=O) groups is 1. The van der Waals surface area contributed by atoms with Crippen molar-refractivity contribution in [3.05, 3.63) is 29.3 Å². The lowest BCUT2D eigenvalue weighted by molar-refractivity contribution is -0.118. The van der Waals surface area contributed by atoms with E-state index in [0.29, 0.717) is 16.6 Å². The molecular weight excluding hydrogens is 340 g/mol. The van der Waals surface area contributed by atoms with Gasteiger partial charge in [0.25, 0.3) is 5.91 Å². The highest BCUT2D eigenvalue weighted by atomic mass is 32.1. The minimum atomic E-state index is -0.272. The predicted molar refractivity (Wildman–Crippen MR) is 96.2 cm³/mol. The molecule has 2 aromatic rings. The lowest BCUT2D eigenvalue weighted by atomic mass is 10.1. The number of anilines is 1. The van der Waals surface area contributed by atoms with Crippen molar-refractivity contribution >= 4 is 22.4 Å². The summed E-state index contributed by atoms with van der Waals surface area (Å²) < 4.78 is 10.7. The molecule has 7 nitrogen and oxygen atoms in total. The maximum atomic E-state index is 12.0. The summed E-state index contributed by atoms with van der Waals surface area (Å²) in [5.74, 6) is 0.852. The van der Waals surface area contributed by atoms with Gasteiger partial charge in [-0.3, -0.25) is 15.0 Å². The minimum Gasteiger partial charge on any atom is -0.493 e. The number of benzene rings is 1. The Morgan fingerprint density at radius 2 is 1.96 bits per heavy atom. The summed E-state index contributed by atoms with van der Waals surface area (Å²) in [6, 6.07) is 7.21. The molecule has 0 atom stereocenters. The SMILES string of the molecule is COc1ccccc1OCC(=O)Nc1nnc(CN2CCCCC2)s1. The van der Waals surface area contributed by atoms with Crippen molar-refractivity contribution in [2.75, 3.05) is 32.1 Å². The van der Waals surface area contributed by atoms with E-state index in [9.17, 15) is 4.79 Å². The largest absolute Gasteiger partial charge is 0.493 e. The second kappa shape index (κ2) is 8.77. The molecule has 1 fully saturated rings. The first-order valence-electron chi connectivity index (χ1n) is 8.35. The Kier molecular flexibility index (Phi) is 6.19. The number of nitrogens with zero attached hydrogens (tertiary/aromatic N) is 3. The highest BCUT2D eigenvalue weighted by Gasteiger charge is 2.14. The topological polar surface area (TPSA) is 76.6 Å². The number of rotatable bonds is 7. The van der Waals surface area contributed by atoms with Gasteiger partial charge in [0, 0.05) is 0 Å². The van der Waals surface area contributed by atoms with Crippen LogP contribution in [0.4, 0.5) is 5.13 Å². The third-order valence-electron chi connectivity index (χ3n) is 3.95. The van der Waals surface area contributed by atoms with Crippen molar-refractivity contribution in [2.24, 2.45) is 0 Å². The summed E-state index contributed by atoms with van der Waals surface area (Å²) in [6.07, 6.45) is 3.78. The number of ether oxygens (including phenoxy) is 2. The molecule has 0 saturated carbocycles. The number of hydrogen-bond donors (Lipinski definition) is 1. The van der Waals surface area contributed by atoms with Crippen LogP contribution in [-0.4, -0.2) is 47.8 Å². The van der Waals surface area contributed by atoms with Gasteiger partial charge in [-0.15, -0.1) is 10.2 Å². The Morgan fingerprint density at radius 3 is 2.72 bits per heavy atom. The van der Waals surface area contributed by atoms with Crippen molar-refractivity contribution in [3.63, 3.8) is 0 Å². The minimum absolute atomic E-state index is 0.110. The van der Waals surface area contributed by atoms with Crippen molar-refractivity contribution in [1.29, 1.82) is 0 Å². The van der Waals surface area contributed by atoms with E-state index >= 15 is 0 Å². The van der Waals surface area contributed by atoms with E-state index in [-0.39, 0.29) is 12.5 Å². The van der Waals surface area contributed by atoms with Crippen LogP contribution in [0.25, 0.3) is 0 Å². The zero-order chi connectivity index (χ0) is 17.5. The number of para-hydroxylation sites is 2. The fourth-order valence-corrected chi connectivity index (χ4v) is 3.51. The van der Waals surface area contributed by atoms with Gasteiger partial charge in [0.15, 0.2) is 18.1 Å². The van der Waals surface area contributed by atoms with Crippen LogP contribution in [0.5, 0.6) is 11.5 Å². The van der Waals surface area contributed by atoms with Crippen molar-refractivity contribution in [3.8, 4) is 11.5 Å². The third kappa shape index (κ3) is 5.14. The lowest BCUT2D eigenvalue weighted by Crippen LogP contribution is -2.28. The average Bonchev–Trinajstić information content (AvgIpc) is 3.07. The van der Waals surface area contributed by atoms with Crippen LogP contribution in [0.15, 0.2) is 24.3 Å². The Morgan fingerprint density at radius 1 is 1.20 bits per heavy atom. The van der Waals surface area contributed by atoms with E-state index < -0.39 is 0 Å². The number of amides is 1. The number of methoxy groups -OCH3 is 1. The number of nitrogens with one attached hydrogen (secondary N) is 1. The highest BCUT2D eigenvalue weighted by Crippen LogP contribution is 2.25. The monoisotopic (exact) mass is 362 g/mol. The Bertz CT molecular complexity index is 701. The van der Waals surface area contributed by atoms with E-state index in [1.807, 2.05) is 12.1 Å². The Balaban J connectivity index is 1.48. The first-order valence-corrected chi connectivity index (χ1v) is 9.16. The molecular formula is C17H22N4O3S. The smallest absolute Gasteiger partial charge is 0.264 e. The summed E-state index contributed by atoms with van der Waals surface area (Å²) in [5.41, 5.74) is 0. The van der Waals surface area contributed by atoms with Gasteiger partial charge in [-0.05, 0) is 38.1 Å². The molecule has 3 rings (SSSR count). The summed E-state index contributed by atoms with van der Waals surface area (Å²) in [7, 11) is 1.56. The number of hydrogen-bond acceptors (Lipinski definition) is 7. The number of carbonyl (C=O) groups excluding carboxylic acids is 1. The molecule has 1 aromatic heterocycles. The molecule has 134 valence electrons.